The number of carbonyl (C=O) groups excluding carboxylic acids is 1. The van der Waals surface area contributed by atoms with Crippen LogP contribution in [0.1, 0.15) is 11.6 Å². The molecular weight excluding hydrogens is 228 g/mol. The van der Waals surface area contributed by atoms with E-state index in [1.165, 1.54) is 0 Å². The number of halogens is 1. The van der Waals surface area contributed by atoms with Crippen molar-refractivity contribution in [2.45, 2.75) is 6.04 Å². The molecule has 5 heteroatoms. The van der Waals surface area contributed by atoms with Gasteiger partial charge in [0.25, 0.3) is 5.91 Å². The van der Waals surface area contributed by atoms with Gasteiger partial charge in [-0.15, -0.1) is 11.6 Å². The summed E-state index contributed by atoms with van der Waals surface area (Å²) >= 11 is 5.70. The van der Waals surface area contributed by atoms with Gasteiger partial charge in [-0.1, -0.05) is 6.07 Å². The molecule has 1 aromatic carbocycles. The number of nitrogens with zero attached hydrogens (tertiary/aromatic N) is 1. The maximum Gasteiger partial charge on any atom is 0.264 e. The third-order valence-corrected chi connectivity index (χ3v) is 3.00. The molecule has 16 heavy (non-hydrogen) atoms. The molecule has 2 rings (SSSR count). The first-order valence-electron chi connectivity index (χ1n) is 4.98. The van der Waals surface area contributed by atoms with Crippen LogP contribution in [-0.4, -0.2) is 25.4 Å². The second kappa shape index (κ2) is 4.31. The van der Waals surface area contributed by atoms with E-state index in [9.17, 15) is 4.79 Å². The zero-order valence-electron chi connectivity index (χ0n) is 8.94. The van der Waals surface area contributed by atoms with Crippen molar-refractivity contribution >= 4 is 23.2 Å². The molecule has 0 saturated heterocycles. The van der Waals surface area contributed by atoms with Gasteiger partial charge >= 0.3 is 0 Å². The van der Waals surface area contributed by atoms with E-state index in [1.807, 2.05) is 18.2 Å². The van der Waals surface area contributed by atoms with Crippen LogP contribution in [0.3, 0.4) is 0 Å². The van der Waals surface area contributed by atoms with Crippen LogP contribution in [0.15, 0.2) is 18.2 Å². The molecule has 1 unspecified atom stereocenters. The number of hydrogen-bond donors (Lipinski definition) is 1. The Hall–Kier alpha value is -1.26. The van der Waals surface area contributed by atoms with Gasteiger partial charge in [-0.25, -0.2) is 0 Å². The smallest absolute Gasteiger partial charge is 0.264 e. The fourth-order valence-electron chi connectivity index (χ4n) is 1.61. The maximum absolute atomic E-state index is 11.5. The number of alkyl halides is 1. The first kappa shape index (κ1) is 11.2. The number of benzene rings is 1. The highest BCUT2D eigenvalue weighted by molar-refractivity contribution is 6.18. The van der Waals surface area contributed by atoms with Crippen molar-refractivity contribution in [1.29, 1.82) is 0 Å². The molecule has 0 aliphatic carbocycles. The second-order valence-electron chi connectivity index (χ2n) is 3.73. The van der Waals surface area contributed by atoms with Crippen molar-refractivity contribution < 1.29 is 9.53 Å². The third kappa shape index (κ3) is 1.86. The van der Waals surface area contributed by atoms with E-state index in [4.69, 9.17) is 22.1 Å². The van der Waals surface area contributed by atoms with Crippen molar-refractivity contribution in [3.8, 4) is 5.75 Å². The van der Waals surface area contributed by atoms with Crippen molar-refractivity contribution in [3.05, 3.63) is 23.8 Å². The molecule has 0 bridgehead atoms. The largest absolute Gasteiger partial charge is 0.482 e. The molecule has 0 saturated carbocycles. The van der Waals surface area contributed by atoms with Crippen LogP contribution in [0.5, 0.6) is 5.75 Å². The maximum atomic E-state index is 11.5. The Morgan fingerprint density at radius 2 is 2.38 bits per heavy atom. The summed E-state index contributed by atoms with van der Waals surface area (Å²) in [4.78, 5) is 13.0. The van der Waals surface area contributed by atoms with E-state index in [0.717, 1.165) is 11.3 Å². The Morgan fingerprint density at radius 1 is 1.62 bits per heavy atom. The number of fused-ring (bicyclic) bond motifs is 1. The number of carbonyl (C=O) groups is 1. The normalized spacial score (nSPS) is 16.7. The summed E-state index contributed by atoms with van der Waals surface area (Å²) in [6, 6.07) is 5.31. The van der Waals surface area contributed by atoms with E-state index in [0.29, 0.717) is 11.6 Å². The number of nitrogens with two attached hydrogens (primary N) is 1. The molecule has 0 fully saturated rings. The minimum absolute atomic E-state index is 0.0657. The van der Waals surface area contributed by atoms with Crippen LogP contribution in [0, 0.1) is 0 Å². The minimum atomic E-state index is -0.225. The molecule has 1 amide bonds. The molecule has 86 valence electrons. The van der Waals surface area contributed by atoms with E-state index in [-0.39, 0.29) is 18.6 Å². The standard InChI is InChI=1S/C11H13ClN2O2/c1-14-9-4-7(8(13)5-12)2-3-10(9)16-6-11(14)15/h2-4,8H,5-6,13H2,1H3. The summed E-state index contributed by atoms with van der Waals surface area (Å²) in [5.74, 6) is 0.980. The summed E-state index contributed by atoms with van der Waals surface area (Å²) in [6.45, 7) is 0.0877. The molecule has 1 aliphatic rings. The summed E-state index contributed by atoms with van der Waals surface area (Å²) in [7, 11) is 1.72. The first-order chi connectivity index (χ1) is 7.63. The number of ether oxygens (including phenoxy) is 1. The first-order valence-corrected chi connectivity index (χ1v) is 5.51. The minimum Gasteiger partial charge on any atom is -0.482 e. The van der Waals surface area contributed by atoms with Gasteiger partial charge in [-0.3, -0.25) is 4.79 Å². The highest BCUT2D eigenvalue weighted by atomic mass is 35.5. The highest BCUT2D eigenvalue weighted by Gasteiger charge is 2.22. The van der Waals surface area contributed by atoms with E-state index < -0.39 is 0 Å². The predicted octanol–water partition coefficient (Wildman–Crippen LogP) is 1.28. The van der Waals surface area contributed by atoms with Crippen LogP contribution in [0.2, 0.25) is 0 Å². The van der Waals surface area contributed by atoms with Crippen LogP contribution < -0.4 is 15.4 Å². The molecule has 1 atom stereocenters. The van der Waals surface area contributed by atoms with Crippen molar-refractivity contribution in [3.63, 3.8) is 0 Å². The number of rotatable bonds is 2. The average molecular weight is 241 g/mol. The van der Waals surface area contributed by atoms with Crippen molar-refractivity contribution in [1.82, 2.24) is 0 Å². The van der Waals surface area contributed by atoms with Crippen LogP contribution in [-0.2, 0) is 4.79 Å². The molecule has 1 aliphatic heterocycles. The molecule has 1 aromatic rings. The molecule has 1 heterocycles. The van der Waals surface area contributed by atoms with Gasteiger partial charge in [0, 0.05) is 19.0 Å². The second-order valence-corrected chi connectivity index (χ2v) is 4.04. The molecule has 0 aromatic heterocycles. The quantitative estimate of drug-likeness (QED) is 0.793. The lowest BCUT2D eigenvalue weighted by atomic mass is 10.1. The Kier molecular flexibility index (Phi) is 3.03. The van der Waals surface area contributed by atoms with E-state index in [1.54, 1.807) is 11.9 Å². The van der Waals surface area contributed by atoms with Gasteiger partial charge in [0.2, 0.25) is 0 Å². The van der Waals surface area contributed by atoms with E-state index in [2.05, 4.69) is 0 Å². The van der Waals surface area contributed by atoms with E-state index >= 15 is 0 Å². The Balaban J connectivity index is 2.40. The van der Waals surface area contributed by atoms with Crippen molar-refractivity contribution in [2.75, 3.05) is 24.4 Å². The Morgan fingerprint density at radius 3 is 3.06 bits per heavy atom. The lowest BCUT2D eigenvalue weighted by molar-refractivity contribution is -0.120. The van der Waals surface area contributed by atoms with Crippen LogP contribution >= 0.6 is 11.6 Å². The Labute approximate surface area is 98.9 Å². The van der Waals surface area contributed by atoms with Gasteiger partial charge in [-0.05, 0) is 17.7 Å². The molecule has 0 spiro atoms. The van der Waals surface area contributed by atoms with Gasteiger partial charge < -0.3 is 15.4 Å². The molecule has 4 nitrogen and oxygen atoms in total. The van der Waals surface area contributed by atoms with Gasteiger partial charge in [-0.2, -0.15) is 0 Å². The molecule has 2 N–H and O–H groups in total. The Bertz CT molecular complexity index is 422. The summed E-state index contributed by atoms with van der Waals surface area (Å²) in [5, 5.41) is 0. The van der Waals surface area contributed by atoms with Crippen LogP contribution in [0.4, 0.5) is 5.69 Å². The monoisotopic (exact) mass is 240 g/mol. The molecule has 0 radical (unpaired) electrons. The third-order valence-electron chi connectivity index (χ3n) is 2.66. The topological polar surface area (TPSA) is 55.6 Å². The number of hydrogen-bond acceptors (Lipinski definition) is 3. The fraction of sp³-hybridized carbons (Fsp3) is 0.364. The number of anilines is 1. The fourth-order valence-corrected chi connectivity index (χ4v) is 1.79. The summed E-state index contributed by atoms with van der Waals surface area (Å²) in [6.07, 6.45) is 0. The SMILES string of the molecule is CN1C(=O)COc2ccc(C(N)CCl)cc21. The number of likely N-dealkylation sites (N-methyl/N-ethyl adjacent to an activating group) is 1. The lowest BCUT2D eigenvalue weighted by Gasteiger charge is -2.26. The zero-order valence-corrected chi connectivity index (χ0v) is 9.70. The zero-order chi connectivity index (χ0) is 11.7. The van der Waals surface area contributed by atoms with Crippen molar-refractivity contribution in [2.24, 2.45) is 5.73 Å². The van der Waals surface area contributed by atoms with Crippen LogP contribution in [0.25, 0.3) is 0 Å². The molecular formula is C11H13ClN2O2. The predicted molar refractivity (Wildman–Crippen MR) is 63.0 cm³/mol. The number of amides is 1. The summed E-state index contributed by atoms with van der Waals surface area (Å²) < 4.78 is 5.31. The van der Waals surface area contributed by atoms with Gasteiger partial charge in [0.05, 0.1) is 5.69 Å². The van der Waals surface area contributed by atoms with Gasteiger partial charge in [0.1, 0.15) is 5.75 Å². The average Bonchev–Trinajstić information content (AvgIpc) is 2.32. The summed E-state index contributed by atoms with van der Waals surface area (Å²) in [5.41, 5.74) is 7.48. The van der Waals surface area contributed by atoms with Gasteiger partial charge in [0.15, 0.2) is 6.61 Å². The lowest BCUT2D eigenvalue weighted by Crippen LogP contribution is -2.35. The highest BCUT2D eigenvalue weighted by Crippen LogP contribution is 2.33.